The van der Waals surface area contributed by atoms with Crippen molar-refractivity contribution in [3.05, 3.63) is 51.7 Å². The van der Waals surface area contributed by atoms with E-state index in [9.17, 15) is 0 Å². The molecule has 0 spiro atoms. The van der Waals surface area contributed by atoms with E-state index < -0.39 is 0 Å². The Balaban J connectivity index is 1.62. The van der Waals surface area contributed by atoms with E-state index >= 15 is 0 Å². The zero-order valence-electron chi connectivity index (χ0n) is 16.5. The van der Waals surface area contributed by atoms with Crippen molar-refractivity contribution in [2.75, 3.05) is 31.5 Å². The Labute approximate surface area is 173 Å². The van der Waals surface area contributed by atoms with Crippen LogP contribution >= 0.6 is 23.6 Å². The van der Waals surface area contributed by atoms with Gasteiger partial charge in [0.1, 0.15) is 0 Å². The van der Waals surface area contributed by atoms with E-state index in [0.717, 1.165) is 30.3 Å². The molecule has 2 heterocycles. The van der Waals surface area contributed by atoms with E-state index in [2.05, 4.69) is 64.7 Å². The normalized spacial score (nSPS) is 14.9. The Morgan fingerprint density at radius 1 is 1.11 bits per heavy atom. The van der Waals surface area contributed by atoms with Gasteiger partial charge in [0, 0.05) is 17.1 Å². The Kier molecular flexibility index (Phi) is 7.68. The zero-order valence-corrected chi connectivity index (χ0v) is 18.2. The maximum atomic E-state index is 5.83. The molecular formula is C22H31N3S2. The minimum atomic E-state index is 0.833. The summed E-state index contributed by atoms with van der Waals surface area (Å²) in [6.45, 7) is 9.84. The Bertz CT molecular complexity index is 701. The lowest BCUT2D eigenvalue weighted by Gasteiger charge is -2.30. The molecule has 1 aliphatic rings. The van der Waals surface area contributed by atoms with E-state index in [1.54, 1.807) is 11.3 Å². The molecular weight excluding hydrogens is 370 g/mol. The lowest BCUT2D eigenvalue weighted by atomic mass is 10.1. The second-order valence-corrected chi connectivity index (χ2v) is 8.87. The Morgan fingerprint density at radius 3 is 2.52 bits per heavy atom. The van der Waals surface area contributed by atoms with Crippen molar-refractivity contribution in [3.63, 3.8) is 0 Å². The van der Waals surface area contributed by atoms with E-state index in [1.165, 1.54) is 54.9 Å². The zero-order chi connectivity index (χ0) is 19.1. The summed E-state index contributed by atoms with van der Waals surface area (Å²) < 4.78 is 0. The standard InChI is InChI=1S/C22H31N3S2/c1-18-9-6-10-19(2)21(18)23-22(26)25(17-20-11-7-16-27-20)15-8-14-24-12-4-3-5-13-24/h6-7,9-11,16H,3-5,8,12-15,17H2,1-2H3,(H,23,26). The monoisotopic (exact) mass is 401 g/mol. The average Bonchev–Trinajstić information content (AvgIpc) is 3.18. The maximum Gasteiger partial charge on any atom is 0.173 e. The van der Waals surface area contributed by atoms with E-state index in [4.69, 9.17) is 12.2 Å². The molecule has 0 radical (unpaired) electrons. The fourth-order valence-electron chi connectivity index (χ4n) is 3.71. The van der Waals surface area contributed by atoms with Gasteiger partial charge in [0.2, 0.25) is 0 Å². The van der Waals surface area contributed by atoms with Crippen molar-refractivity contribution < 1.29 is 0 Å². The Morgan fingerprint density at radius 2 is 1.85 bits per heavy atom. The van der Waals surface area contributed by atoms with Gasteiger partial charge in [-0.15, -0.1) is 11.3 Å². The molecule has 3 rings (SSSR count). The van der Waals surface area contributed by atoms with Crippen LogP contribution in [0.5, 0.6) is 0 Å². The van der Waals surface area contributed by atoms with Crippen LogP contribution in [-0.4, -0.2) is 41.1 Å². The van der Waals surface area contributed by atoms with Gasteiger partial charge in [-0.2, -0.15) is 0 Å². The van der Waals surface area contributed by atoms with Gasteiger partial charge in [-0.1, -0.05) is 30.7 Å². The maximum absolute atomic E-state index is 5.83. The van der Waals surface area contributed by atoms with Crippen LogP contribution in [0.25, 0.3) is 0 Å². The fraction of sp³-hybridized carbons (Fsp3) is 0.500. The van der Waals surface area contributed by atoms with Crippen LogP contribution in [0.4, 0.5) is 5.69 Å². The number of thiocarbonyl (C=S) groups is 1. The van der Waals surface area contributed by atoms with Crippen molar-refractivity contribution >= 4 is 34.4 Å². The summed E-state index contributed by atoms with van der Waals surface area (Å²) >= 11 is 7.63. The van der Waals surface area contributed by atoms with Crippen LogP contribution in [0.15, 0.2) is 35.7 Å². The molecule has 0 saturated carbocycles. The van der Waals surface area contributed by atoms with Crippen molar-refractivity contribution in [2.45, 2.75) is 46.1 Å². The van der Waals surface area contributed by atoms with Crippen LogP contribution < -0.4 is 5.32 Å². The van der Waals surface area contributed by atoms with Gasteiger partial charge in [0.15, 0.2) is 5.11 Å². The number of piperidine rings is 1. The van der Waals surface area contributed by atoms with Gasteiger partial charge in [-0.3, -0.25) is 0 Å². The molecule has 3 nitrogen and oxygen atoms in total. The minimum Gasteiger partial charge on any atom is -0.344 e. The molecule has 1 aromatic carbocycles. The number of para-hydroxylation sites is 1. The minimum absolute atomic E-state index is 0.833. The number of hydrogen-bond donors (Lipinski definition) is 1. The molecule has 2 aromatic rings. The molecule has 1 fully saturated rings. The van der Waals surface area contributed by atoms with E-state index in [0.29, 0.717) is 0 Å². The summed E-state index contributed by atoms with van der Waals surface area (Å²) in [6, 6.07) is 10.7. The lowest BCUT2D eigenvalue weighted by Crippen LogP contribution is -2.37. The third kappa shape index (κ3) is 6.03. The molecule has 0 atom stereocenters. The summed E-state index contributed by atoms with van der Waals surface area (Å²) in [5.41, 5.74) is 3.62. The van der Waals surface area contributed by atoms with Gasteiger partial charge in [-0.05, 0) is 87.5 Å². The van der Waals surface area contributed by atoms with Crippen LogP contribution in [0.1, 0.15) is 41.7 Å². The number of aryl methyl sites for hydroxylation is 2. The summed E-state index contributed by atoms with van der Waals surface area (Å²) in [7, 11) is 0. The van der Waals surface area contributed by atoms with Gasteiger partial charge in [-0.25, -0.2) is 0 Å². The summed E-state index contributed by atoms with van der Waals surface area (Å²) in [6.07, 6.45) is 5.25. The average molecular weight is 402 g/mol. The largest absolute Gasteiger partial charge is 0.344 e. The highest BCUT2D eigenvalue weighted by atomic mass is 32.1. The fourth-order valence-corrected chi connectivity index (χ4v) is 4.69. The van der Waals surface area contributed by atoms with Gasteiger partial charge in [0.25, 0.3) is 0 Å². The number of benzene rings is 1. The molecule has 0 amide bonds. The van der Waals surface area contributed by atoms with Gasteiger partial charge in [0.05, 0.1) is 6.54 Å². The van der Waals surface area contributed by atoms with Gasteiger partial charge < -0.3 is 15.1 Å². The van der Waals surface area contributed by atoms with Crippen molar-refractivity contribution in [2.24, 2.45) is 0 Å². The van der Waals surface area contributed by atoms with Crippen molar-refractivity contribution in [1.82, 2.24) is 9.80 Å². The number of rotatable bonds is 7. The lowest BCUT2D eigenvalue weighted by molar-refractivity contribution is 0.218. The van der Waals surface area contributed by atoms with Gasteiger partial charge >= 0.3 is 0 Å². The number of likely N-dealkylation sites (tertiary alicyclic amines) is 1. The quantitative estimate of drug-likeness (QED) is 0.622. The molecule has 27 heavy (non-hydrogen) atoms. The molecule has 146 valence electrons. The molecule has 1 aliphatic heterocycles. The molecule has 1 aromatic heterocycles. The number of thiophene rings is 1. The highest BCUT2D eigenvalue weighted by Gasteiger charge is 2.15. The third-order valence-corrected chi connectivity index (χ3v) is 6.50. The summed E-state index contributed by atoms with van der Waals surface area (Å²) in [5, 5.41) is 6.50. The summed E-state index contributed by atoms with van der Waals surface area (Å²) in [4.78, 5) is 6.30. The molecule has 1 N–H and O–H groups in total. The van der Waals surface area contributed by atoms with Crippen LogP contribution in [0.2, 0.25) is 0 Å². The topological polar surface area (TPSA) is 18.5 Å². The van der Waals surface area contributed by atoms with E-state index in [1.807, 2.05) is 0 Å². The summed E-state index contributed by atoms with van der Waals surface area (Å²) in [5.74, 6) is 0. The molecule has 5 heteroatoms. The molecule has 0 bridgehead atoms. The van der Waals surface area contributed by atoms with Crippen molar-refractivity contribution in [3.8, 4) is 0 Å². The smallest absolute Gasteiger partial charge is 0.173 e. The van der Waals surface area contributed by atoms with Crippen LogP contribution in [0.3, 0.4) is 0 Å². The second kappa shape index (κ2) is 10.2. The van der Waals surface area contributed by atoms with Crippen LogP contribution in [-0.2, 0) is 6.54 Å². The number of nitrogens with one attached hydrogen (secondary N) is 1. The number of nitrogens with zero attached hydrogens (tertiary/aromatic N) is 2. The predicted molar refractivity (Wildman–Crippen MR) is 122 cm³/mol. The first-order chi connectivity index (χ1) is 13.1. The highest BCUT2D eigenvalue weighted by Crippen LogP contribution is 2.21. The molecule has 1 saturated heterocycles. The number of hydrogen-bond acceptors (Lipinski definition) is 3. The SMILES string of the molecule is Cc1cccc(C)c1NC(=S)N(CCCN1CCCCC1)Cc1cccs1. The first-order valence-electron chi connectivity index (χ1n) is 10.0. The highest BCUT2D eigenvalue weighted by molar-refractivity contribution is 7.80. The Hall–Kier alpha value is -1.43. The van der Waals surface area contributed by atoms with Crippen LogP contribution in [0, 0.1) is 13.8 Å². The molecule has 0 unspecified atom stereocenters. The first kappa shape index (κ1) is 20.3. The number of anilines is 1. The predicted octanol–water partition coefficient (Wildman–Crippen LogP) is 5.44. The molecule has 0 aliphatic carbocycles. The second-order valence-electron chi connectivity index (χ2n) is 7.45. The first-order valence-corrected chi connectivity index (χ1v) is 11.3. The van der Waals surface area contributed by atoms with E-state index in [-0.39, 0.29) is 0 Å². The third-order valence-electron chi connectivity index (χ3n) is 5.28. The van der Waals surface area contributed by atoms with Crippen molar-refractivity contribution in [1.29, 1.82) is 0 Å².